The largest absolute Gasteiger partial charge is 0.477 e. The molecule has 70 valence electrons. The van der Waals surface area contributed by atoms with Crippen molar-refractivity contribution in [1.29, 1.82) is 0 Å². The summed E-state index contributed by atoms with van der Waals surface area (Å²) in [6, 6.07) is 3.69. The summed E-state index contributed by atoms with van der Waals surface area (Å²) in [5.41, 5.74) is 7.10. The second-order valence-corrected chi connectivity index (χ2v) is 3.04. The molecule has 0 radical (unpaired) electrons. The quantitative estimate of drug-likeness (QED) is 0.743. The zero-order valence-corrected chi connectivity index (χ0v) is 8.52. The Balaban J connectivity index is 3.10. The second-order valence-electron chi connectivity index (χ2n) is 2.60. The van der Waals surface area contributed by atoms with Crippen molar-refractivity contribution in [3.63, 3.8) is 0 Å². The Labute approximate surface area is 82.9 Å². The number of nitrogens with two attached hydrogens (primary N) is 1. The summed E-state index contributed by atoms with van der Waals surface area (Å²) < 4.78 is 5.30. The van der Waals surface area contributed by atoms with Crippen LogP contribution in [-0.2, 0) is 0 Å². The van der Waals surface area contributed by atoms with Crippen LogP contribution in [0.5, 0.6) is 5.88 Å². The Bertz CT molecular complexity index is 325. The first kappa shape index (κ1) is 9.92. The predicted octanol–water partition coefficient (Wildman–Crippen LogP) is 1.42. The average molecular weight is 196 g/mol. The summed E-state index contributed by atoms with van der Waals surface area (Å²) in [4.78, 5) is 4.51. The third kappa shape index (κ3) is 2.39. The zero-order valence-electron chi connectivity index (χ0n) is 7.70. The minimum Gasteiger partial charge on any atom is -0.477 e. The molecule has 0 amide bonds. The van der Waals surface area contributed by atoms with Crippen LogP contribution < -0.4 is 10.5 Å². The third-order valence-corrected chi connectivity index (χ3v) is 1.77. The van der Waals surface area contributed by atoms with Gasteiger partial charge in [0.15, 0.2) is 0 Å². The highest BCUT2D eigenvalue weighted by Crippen LogP contribution is 2.15. The second kappa shape index (κ2) is 4.18. The topological polar surface area (TPSA) is 48.1 Å². The minimum atomic E-state index is 0.316. The van der Waals surface area contributed by atoms with E-state index in [0.29, 0.717) is 23.0 Å². The molecule has 0 atom stereocenters. The van der Waals surface area contributed by atoms with Crippen LogP contribution in [0.3, 0.4) is 0 Å². The fraction of sp³-hybridized carbons (Fsp3) is 0.333. The molecular weight excluding hydrogens is 184 g/mol. The molecule has 0 bridgehead atoms. The van der Waals surface area contributed by atoms with Crippen LogP contribution in [0.1, 0.15) is 18.2 Å². The van der Waals surface area contributed by atoms with Gasteiger partial charge in [0.2, 0.25) is 5.88 Å². The van der Waals surface area contributed by atoms with E-state index in [1.54, 1.807) is 0 Å². The van der Waals surface area contributed by atoms with E-state index in [1.165, 1.54) is 0 Å². The van der Waals surface area contributed by atoms with Gasteiger partial charge in [-0.2, -0.15) is 0 Å². The molecule has 1 aromatic heterocycles. The Kier molecular flexibility index (Phi) is 3.19. The van der Waals surface area contributed by atoms with Gasteiger partial charge in [-0.15, -0.1) is 0 Å². The van der Waals surface area contributed by atoms with Crippen molar-refractivity contribution in [3.05, 3.63) is 23.4 Å². The Morgan fingerprint density at radius 1 is 1.62 bits per heavy atom. The van der Waals surface area contributed by atoms with Crippen LogP contribution >= 0.6 is 12.2 Å². The van der Waals surface area contributed by atoms with E-state index in [9.17, 15) is 0 Å². The lowest BCUT2D eigenvalue weighted by atomic mass is 10.2. The van der Waals surface area contributed by atoms with Gasteiger partial charge in [-0.1, -0.05) is 12.2 Å². The van der Waals surface area contributed by atoms with Gasteiger partial charge in [0.05, 0.1) is 12.2 Å². The van der Waals surface area contributed by atoms with E-state index in [-0.39, 0.29) is 0 Å². The van der Waals surface area contributed by atoms with E-state index in [0.717, 1.165) is 5.69 Å². The average Bonchev–Trinajstić information content (AvgIpc) is 2.04. The first-order chi connectivity index (χ1) is 6.15. The maximum absolute atomic E-state index is 5.51. The van der Waals surface area contributed by atoms with Gasteiger partial charge in [0.1, 0.15) is 4.99 Å². The number of nitrogens with zero attached hydrogens (tertiary/aromatic N) is 1. The lowest BCUT2D eigenvalue weighted by Gasteiger charge is -2.07. The minimum absolute atomic E-state index is 0.316. The summed E-state index contributed by atoms with van der Waals surface area (Å²) >= 11 is 4.86. The molecule has 0 saturated carbocycles. The van der Waals surface area contributed by atoms with Gasteiger partial charge in [0, 0.05) is 5.69 Å². The fourth-order valence-corrected chi connectivity index (χ4v) is 1.12. The van der Waals surface area contributed by atoms with Gasteiger partial charge < -0.3 is 10.5 Å². The molecule has 0 aliphatic heterocycles. The molecule has 0 saturated heterocycles. The molecule has 0 aliphatic carbocycles. The lowest BCUT2D eigenvalue weighted by molar-refractivity contribution is 0.325. The lowest BCUT2D eigenvalue weighted by Crippen LogP contribution is -2.13. The number of ether oxygens (including phenoxy) is 1. The van der Waals surface area contributed by atoms with E-state index in [2.05, 4.69) is 4.98 Å². The number of pyridine rings is 1. The maximum Gasteiger partial charge on any atom is 0.223 e. The number of aryl methyl sites for hydroxylation is 1. The van der Waals surface area contributed by atoms with Crippen molar-refractivity contribution in [2.75, 3.05) is 6.61 Å². The molecule has 4 heteroatoms. The standard InChI is InChI=1S/C9H12N2OS/c1-3-12-9-7(8(10)13)5-4-6(2)11-9/h4-5H,3H2,1-2H3,(H2,10,13). The van der Waals surface area contributed by atoms with Crippen LogP contribution in [0.2, 0.25) is 0 Å². The highest BCUT2D eigenvalue weighted by atomic mass is 32.1. The summed E-state index contributed by atoms with van der Waals surface area (Å²) in [5.74, 6) is 0.523. The van der Waals surface area contributed by atoms with Crippen molar-refractivity contribution in [1.82, 2.24) is 4.98 Å². The van der Waals surface area contributed by atoms with Gasteiger partial charge in [-0.3, -0.25) is 0 Å². The molecule has 3 nitrogen and oxygen atoms in total. The molecule has 1 heterocycles. The smallest absolute Gasteiger partial charge is 0.223 e. The highest BCUT2D eigenvalue weighted by molar-refractivity contribution is 7.80. The van der Waals surface area contributed by atoms with Crippen LogP contribution in [0.15, 0.2) is 12.1 Å². The van der Waals surface area contributed by atoms with E-state index in [1.807, 2.05) is 26.0 Å². The van der Waals surface area contributed by atoms with E-state index >= 15 is 0 Å². The van der Waals surface area contributed by atoms with Crippen molar-refractivity contribution in [2.24, 2.45) is 5.73 Å². The normalized spacial score (nSPS) is 9.69. The van der Waals surface area contributed by atoms with E-state index < -0.39 is 0 Å². The number of hydrogen-bond donors (Lipinski definition) is 1. The number of aromatic nitrogens is 1. The Morgan fingerprint density at radius 2 is 2.31 bits per heavy atom. The summed E-state index contributed by atoms with van der Waals surface area (Å²) in [6.45, 7) is 4.35. The number of hydrogen-bond acceptors (Lipinski definition) is 3. The molecule has 0 fully saturated rings. The van der Waals surface area contributed by atoms with Crippen LogP contribution in [0, 0.1) is 6.92 Å². The fourth-order valence-electron chi connectivity index (χ4n) is 0.967. The number of rotatable bonds is 3. The van der Waals surface area contributed by atoms with Gasteiger partial charge in [-0.05, 0) is 26.0 Å². The molecular formula is C9H12N2OS. The maximum atomic E-state index is 5.51. The predicted molar refractivity (Wildman–Crippen MR) is 56.0 cm³/mol. The molecule has 13 heavy (non-hydrogen) atoms. The SMILES string of the molecule is CCOc1nc(C)ccc1C(N)=S. The molecule has 2 N–H and O–H groups in total. The van der Waals surface area contributed by atoms with Crippen molar-refractivity contribution >= 4 is 17.2 Å². The Hall–Kier alpha value is -1.16. The summed E-state index contributed by atoms with van der Waals surface area (Å²) in [6.07, 6.45) is 0. The first-order valence-electron chi connectivity index (χ1n) is 4.05. The summed E-state index contributed by atoms with van der Waals surface area (Å²) in [7, 11) is 0. The van der Waals surface area contributed by atoms with Gasteiger partial charge in [-0.25, -0.2) is 4.98 Å². The van der Waals surface area contributed by atoms with E-state index in [4.69, 9.17) is 22.7 Å². The van der Waals surface area contributed by atoms with Crippen LogP contribution in [-0.4, -0.2) is 16.6 Å². The monoisotopic (exact) mass is 196 g/mol. The molecule has 0 unspecified atom stereocenters. The summed E-state index contributed by atoms with van der Waals surface area (Å²) in [5, 5.41) is 0. The van der Waals surface area contributed by atoms with Gasteiger partial charge in [0.25, 0.3) is 0 Å². The molecule has 0 aliphatic rings. The van der Waals surface area contributed by atoms with Crippen molar-refractivity contribution in [3.8, 4) is 5.88 Å². The highest BCUT2D eigenvalue weighted by Gasteiger charge is 2.07. The van der Waals surface area contributed by atoms with Crippen LogP contribution in [0.4, 0.5) is 0 Å². The van der Waals surface area contributed by atoms with Crippen LogP contribution in [0.25, 0.3) is 0 Å². The molecule has 1 rings (SSSR count). The third-order valence-electron chi connectivity index (χ3n) is 1.55. The molecule has 1 aromatic rings. The Morgan fingerprint density at radius 3 is 2.85 bits per heavy atom. The molecule has 0 spiro atoms. The van der Waals surface area contributed by atoms with Crippen molar-refractivity contribution < 1.29 is 4.74 Å². The first-order valence-corrected chi connectivity index (χ1v) is 4.46. The van der Waals surface area contributed by atoms with Crippen molar-refractivity contribution in [2.45, 2.75) is 13.8 Å². The number of thiocarbonyl (C=S) groups is 1. The van der Waals surface area contributed by atoms with Gasteiger partial charge >= 0.3 is 0 Å². The molecule has 0 aromatic carbocycles. The zero-order chi connectivity index (χ0) is 9.84.